The molecule has 38 heavy (non-hydrogen) atoms. The predicted octanol–water partition coefficient (Wildman–Crippen LogP) is 4.05. The molecule has 1 aromatic carbocycles. The number of fused-ring (bicyclic) bond motifs is 1. The molecular formula is C26H26F3N7O2. The van der Waals surface area contributed by atoms with Crippen molar-refractivity contribution < 1.29 is 22.4 Å². The Morgan fingerprint density at radius 3 is 2.58 bits per heavy atom. The second-order valence-electron chi connectivity index (χ2n) is 9.38. The van der Waals surface area contributed by atoms with E-state index in [1.54, 1.807) is 0 Å². The number of amides is 1. The number of nitriles is 1. The Balaban J connectivity index is 1.38. The summed E-state index contributed by atoms with van der Waals surface area (Å²) in [6.07, 6.45) is -3.81. The second kappa shape index (κ2) is 10.3. The molecule has 2 aromatic heterocycles. The Morgan fingerprint density at radius 2 is 1.89 bits per heavy atom. The lowest BCUT2D eigenvalue weighted by Gasteiger charge is -2.34. The van der Waals surface area contributed by atoms with E-state index in [9.17, 15) is 18.0 Å². The van der Waals surface area contributed by atoms with Crippen molar-refractivity contribution in [2.75, 3.05) is 50.0 Å². The van der Waals surface area contributed by atoms with Crippen molar-refractivity contribution in [3.8, 4) is 17.5 Å². The van der Waals surface area contributed by atoms with Crippen molar-refractivity contribution in [2.45, 2.75) is 25.6 Å². The zero-order valence-corrected chi connectivity index (χ0v) is 20.8. The van der Waals surface area contributed by atoms with E-state index in [1.165, 1.54) is 11.0 Å². The van der Waals surface area contributed by atoms with E-state index in [1.807, 2.05) is 30.3 Å². The predicted molar refractivity (Wildman–Crippen MR) is 134 cm³/mol. The van der Waals surface area contributed by atoms with Crippen molar-refractivity contribution >= 4 is 23.2 Å². The Morgan fingerprint density at radius 1 is 1.16 bits per heavy atom. The van der Waals surface area contributed by atoms with Crippen molar-refractivity contribution in [2.24, 2.45) is 0 Å². The number of carbonyl (C=O) groups is 1. The highest BCUT2D eigenvalue weighted by Crippen LogP contribution is 2.38. The number of aromatic nitrogens is 2. The van der Waals surface area contributed by atoms with E-state index >= 15 is 0 Å². The van der Waals surface area contributed by atoms with Gasteiger partial charge in [0.15, 0.2) is 5.76 Å². The van der Waals surface area contributed by atoms with Crippen LogP contribution in [-0.4, -0.2) is 65.4 Å². The normalized spacial score (nSPS) is 16.2. The van der Waals surface area contributed by atoms with Crippen molar-refractivity contribution in [1.82, 2.24) is 19.8 Å². The van der Waals surface area contributed by atoms with Crippen LogP contribution in [0.4, 0.5) is 30.5 Å². The maximum atomic E-state index is 13.8. The molecule has 3 aromatic rings. The highest BCUT2D eigenvalue weighted by atomic mass is 19.4. The van der Waals surface area contributed by atoms with E-state index in [0.717, 1.165) is 38.1 Å². The van der Waals surface area contributed by atoms with Crippen molar-refractivity contribution in [3.05, 3.63) is 53.4 Å². The monoisotopic (exact) mass is 525 g/mol. The molecular weight excluding hydrogens is 499 g/mol. The zero-order chi connectivity index (χ0) is 26.9. The van der Waals surface area contributed by atoms with Crippen LogP contribution < -0.4 is 10.2 Å². The van der Waals surface area contributed by atoms with Gasteiger partial charge < -0.3 is 24.4 Å². The number of alkyl halides is 3. The quantitative estimate of drug-likeness (QED) is 0.533. The fourth-order valence-electron chi connectivity index (χ4n) is 4.62. The average Bonchev–Trinajstić information content (AvgIpc) is 3.33. The van der Waals surface area contributed by atoms with Crippen LogP contribution in [0.3, 0.4) is 0 Å². The topological polar surface area (TPSA) is 102 Å². The molecule has 0 bridgehead atoms. The molecule has 4 heterocycles. The van der Waals surface area contributed by atoms with Gasteiger partial charge in [-0.2, -0.15) is 18.4 Å². The van der Waals surface area contributed by atoms with E-state index in [-0.39, 0.29) is 36.3 Å². The summed E-state index contributed by atoms with van der Waals surface area (Å²) in [6, 6.07) is 10.9. The van der Waals surface area contributed by atoms with E-state index in [4.69, 9.17) is 9.68 Å². The summed E-state index contributed by atoms with van der Waals surface area (Å²) >= 11 is 0. The third-order valence-corrected chi connectivity index (χ3v) is 6.78. The largest absolute Gasteiger partial charge is 0.457 e. The third-order valence-electron chi connectivity index (χ3n) is 6.78. The van der Waals surface area contributed by atoms with Gasteiger partial charge in [0.05, 0.1) is 12.6 Å². The zero-order valence-electron chi connectivity index (χ0n) is 20.8. The van der Waals surface area contributed by atoms with Crippen molar-refractivity contribution in [3.63, 3.8) is 0 Å². The fraction of sp³-hybridized carbons (Fsp3) is 0.385. The summed E-state index contributed by atoms with van der Waals surface area (Å²) in [4.78, 5) is 26.2. The molecule has 5 rings (SSSR count). The van der Waals surface area contributed by atoms with Gasteiger partial charge in [0.1, 0.15) is 23.4 Å². The molecule has 2 aliphatic heterocycles. The van der Waals surface area contributed by atoms with Gasteiger partial charge in [-0.25, -0.2) is 9.97 Å². The number of rotatable bonds is 5. The minimum absolute atomic E-state index is 0.000503. The fourth-order valence-corrected chi connectivity index (χ4v) is 4.62. The molecule has 9 nitrogen and oxygen atoms in total. The number of furan rings is 1. The SMILES string of the molecule is CN1CCN(c2ccc(Nc3ncc(C(F)(F)F)c(-c4cc5c(o4)CN(C(=O)CC#N)CC5)n3)cc2)CC1. The molecule has 0 spiro atoms. The van der Waals surface area contributed by atoms with Gasteiger partial charge >= 0.3 is 6.18 Å². The molecule has 0 aliphatic carbocycles. The highest BCUT2D eigenvalue weighted by Gasteiger charge is 2.37. The van der Waals surface area contributed by atoms with Crippen LogP contribution in [0.1, 0.15) is 23.3 Å². The van der Waals surface area contributed by atoms with Gasteiger partial charge in [0.2, 0.25) is 11.9 Å². The maximum Gasteiger partial charge on any atom is 0.420 e. The first-order chi connectivity index (χ1) is 18.2. The molecule has 198 valence electrons. The molecule has 0 radical (unpaired) electrons. The second-order valence-corrected chi connectivity index (χ2v) is 9.38. The van der Waals surface area contributed by atoms with Gasteiger partial charge in [0, 0.05) is 50.3 Å². The summed E-state index contributed by atoms with van der Waals surface area (Å²) in [7, 11) is 2.09. The third kappa shape index (κ3) is 5.43. The molecule has 0 unspecified atom stereocenters. The van der Waals surface area contributed by atoms with Gasteiger partial charge in [-0.3, -0.25) is 4.79 Å². The molecule has 0 saturated carbocycles. The van der Waals surface area contributed by atoms with E-state index in [0.29, 0.717) is 30.0 Å². The molecule has 1 fully saturated rings. The number of anilines is 3. The van der Waals surface area contributed by atoms with Crippen LogP contribution in [0, 0.1) is 11.3 Å². The first-order valence-electron chi connectivity index (χ1n) is 12.2. The average molecular weight is 526 g/mol. The number of benzene rings is 1. The van der Waals surface area contributed by atoms with Gasteiger partial charge in [-0.15, -0.1) is 0 Å². The minimum atomic E-state index is -4.69. The summed E-state index contributed by atoms with van der Waals surface area (Å²) in [6.45, 7) is 4.25. The van der Waals surface area contributed by atoms with E-state index < -0.39 is 11.7 Å². The highest BCUT2D eigenvalue weighted by molar-refractivity contribution is 5.78. The first-order valence-corrected chi connectivity index (χ1v) is 12.2. The number of piperazine rings is 1. The lowest BCUT2D eigenvalue weighted by molar-refractivity contribution is -0.137. The number of halogens is 3. The number of hydrogen-bond donors (Lipinski definition) is 1. The van der Waals surface area contributed by atoms with Crippen molar-refractivity contribution in [1.29, 1.82) is 5.26 Å². The maximum absolute atomic E-state index is 13.8. The van der Waals surface area contributed by atoms with Crippen LogP contribution in [-0.2, 0) is 23.9 Å². The summed E-state index contributed by atoms with van der Waals surface area (Å²) in [5.74, 6) is -0.00848. The lowest BCUT2D eigenvalue weighted by Crippen LogP contribution is -2.44. The number of nitrogens with one attached hydrogen (secondary N) is 1. The lowest BCUT2D eigenvalue weighted by atomic mass is 10.1. The summed E-state index contributed by atoms with van der Waals surface area (Å²) in [5.41, 5.74) is 1.02. The summed E-state index contributed by atoms with van der Waals surface area (Å²) in [5, 5.41) is 11.8. The summed E-state index contributed by atoms with van der Waals surface area (Å²) < 4.78 is 47.3. The smallest absolute Gasteiger partial charge is 0.420 e. The van der Waals surface area contributed by atoms with Gasteiger partial charge in [0.25, 0.3) is 0 Å². The number of hydrogen-bond acceptors (Lipinski definition) is 8. The Bertz CT molecular complexity index is 1360. The molecule has 1 amide bonds. The Kier molecular flexibility index (Phi) is 6.94. The minimum Gasteiger partial charge on any atom is -0.457 e. The molecule has 0 atom stereocenters. The Labute approximate surface area is 217 Å². The Hall–Kier alpha value is -4.11. The van der Waals surface area contributed by atoms with Gasteiger partial charge in [-0.1, -0.05) is 0 Å². The standard InChI is InChI=1S/C26H26F3N7O2/c1-34-10-12-35(13-11-34)19-4-2-18(3-5-19)32-25-31-15-20(26(27,28)29)24(33-25)21-14-17-7-9-36(16-22(17)38-21)23(37)6-8-30/h2-5,14-15H,6-7,9-13,16H2,1H3,(H,31,32,33). The number of nitrogens with zero attached hydrogens (tertiary/aromatic N) is 6. The van der Waals surface area contributed by atoms with Crippen LogP contribution in [0.25, 0.3) is 11.5 Å². The number of carbonyl (C=O) groups excluding carboxylic acids is 1. The molecule has 1 N–H and O–H groups in total. The van der Waals surface area contributed by atoms with Crippen LogP contribution in [0.15, 0.2) is 40.9 Å². The van der Waals surface area contributed by atoms with Crippen LogP contribution in [0.5, 0.6) is 0 Å². The first kappa shape index (κ1) is 25.5. The molecule has 12 heteroatoms. The van der Waals surface area contributed by atoms with Gasteiger partial charge in [-0.05, 0) is 49.4 Å². The number of likely N-dealkylation sites (N-methyl/N-ethyl adjacent to an activating group) is 1. The van der Waals surface area contributed by atoms with Crippen LogP contribution >= 0.6 is 0 Å². The molecule has 2 aliphatic rings. The molecule has 1 saturated heterocycles. The van der Waals surface area contributed by atoms with Crippen LogP contribution in [0.2, 0.25) is 0 Å². The van der Waals surface area contributed by atoms with E-state index in [2.05, 4.69) is 32.1 Å².